The third-order valence-corrected chi connectivity index (χ3v) is 7.77. The maximum atomic E-state index is 2.35. The van der Waals surface area contributed by atoms with Crippen molar-refractivity contribution in [1.82, 2.24) is 0 Å². The Bertz CT molecular complexity index is 319. The van der Waals surface area contributed by atoms with Crippen LogP contribution in [-0.2, 0) is 0 Å². The third-order valence-electron chi connectivity index (χ3n) is 7.77. The number of nitrogens with zero attached hydrogens (tertiary/aromatic N) is 2. The second kappa shape index (κ2) is 13.2. The summed E-state index contributed by atoms with van der Waals surface area (Å²) in [5.74, 6) is 0. The van der Waals surface area contributed by atoms with Crippen molar-refractivity contribution in [2.24, 2.45) is 0 Å². The fourth-order valence-electron chi connectivity index (χ4n) is 5.95. The first-order valence-corrected chi connectivity index (χ1v) is 12.9. The predicted molar refractivity (Wildman–Crippen MR) is 120 cm³/mol. The van der Waals surface area contributed by atoms with Crippen LogP contribution in [0.4, 0.5) is 0 Å². The van der Waals surface area contributed by atoms with E-state index in [0.717, 1.165) is 0 Å². The van der Waals surface area contributed by atoms with Gasteiger partial charge in [-0.3, -0.25) is 0 Å². The number of unbranched alkanes of at least 4 members (excludes halogenated alkanes) is 6. The molecule has 2 rings (SSSR count). The van der Waals surface area contributed by atoms with Crippen molar-refractivity contribution >= 4 is 0 Å². The molecule has 0 aromatic carbocycles. The molecule has 160 valence electrons. The lowest BCUT2D eigenvalue weighted by Crippen LogP contribution is -2.53. The molecule has 0 aromatic heterocycles. The molecule has 0 amide bonds. The van der Waals surface area contributed by atoms with Crippen molar-refractivity contribution in [1.29, 1.82) is 0 Å². The largest absolute Gasteiger partial charge is 0.324 e. The van der Waals surface area contributed by atoms with E-state index in [9.17, 15) is 0 Å². The molecule has 0 saturated carbocycles. The second-order valence-corrected chi connectivity index (χ2v) is 10.1. The Hall–Kier alpha value is -0.0800. The smallest absolute Gasteiger partial charge is 0.0786 e. The van der Waals surface area contributed by atoms with Crippen LogP contribution in [0.3, 0.4) is 0 Å². The molecule has 0 bridgehead atoms. The van der Waals surface area contributed by atoms with Crippen LogP contribution in [0.1, 0.15) is 110 Å². The van der Waals surface area contributed by atoms with Gasteiger partial charge in [-0.15, -0.1) is 0 Å². The van der Waals surface area contributed by atoms with Crippen LogP contribution >= 0.6 is 0 Å². The van der Waals surface area contributed by atoms with E-state index in [1.54, 1.807) is 0 Å². The van der Waals surface area contributed by atoms with E-state index in [2.05, 4.69) is 13.8 Å². The fourth-order valence-corrected chi connectivity index (χ4v) is 5.95. The zero-order valence-corrected chi connectivity index (χ0v) is 19.2. The quantitative estimate of drug-likeness (QED) is 0.237. The molecule has 2 fully saturated rings. The van der Waals surface area contributed by atoms with E-state index in [1.165, 1.54) is 158 Å². The van der Waals surface area contributed by atoms with Gasteiger partial charge in [0.25, 0.3) is 0 Å². The van der Waals surface area contributed by atoms with Crippen molar-refractivity contribution in [2.75, 3.05) is 52.4 Å². The summed E-state index contributed by atoms with van der Waals surface area (Å²) in [6.07, 6.45) is 22.0. The molecule has 0 atom stereocenters. The first-order valence-electron chi connectivity index (χ1n) is 12.9. The first-order chi connectivity index (χ1) is 13.2. The molecule has 2 aliphatic heterocycles. The highest BCUT2D eigenvalue weighted by Gasteiger charge is 2.30. The average molecular weight is 381 g/mol. The summed E-state index contributed by atoms with van der Waals surface area (Å²) in [4.78, 5) is 0. The second-order valence-electron chi connectivity index (χ2n) is 10.1. The third kappa shape index (κ3) is 8.44. The summed E-state index contributed by atoms with van der Waals surface area (Å²) in [6, 6.07) is 0. The molecule has 0 spiro atoms. The molecule has 2 aliphatic rings. The van der Waals surface area contributed by atoms with Gasteiger partial charge in [-0.05, 0) is 83.5 Å². The zero-order valence-electron chi connectivity index (χ0n) is 19.2. The van der Waals surface area contributed by atoms with Crippen LogP contribution in [0.2, 0.25) is 0 Å². The van der Waals surface area contributed by atoms with E-state index in [4.69, 9.17) is 0 Å². The molecule has 2 heterocycles. The van der Waals surface area contributed by atoms with E-state index >= 15 is 0 Å². The Morgan fingerprint density at radius 1 is 0.407 bits per heavy atom. The normalized spacial score (nSPS) is 22.0. The molecule has 27 heavy (non-hydrogen) atoms. The minimum atomic E-state index is 1.37. The van der Waals surface area contributed by atoms with Crippen LogP contribution in [0.15, 0.2) is 0 Å². The molecule has 2 nitrogen and oxygen atoms in total. The van der Waals surface area contributed by atoms with E-state index < -0.39 is 0 Å². The van der Waals surface area contributed by atoms with Crippen LogP contribution in [0.25, 0.3) is 0 Å². The Morgan fingerprint density at radius 2 is 0.741 bits per heavy atom. The summed E-state index contributed by atoms with van der Waals surface area (Å²) >= 11 is 0. The van der Waals surface area contributed by atoms with Gasteiger partial charge < -0.3 is 8.97 Å². The van der Waals surface area contributed by atoms with Gasteiger partial charge in [0.1, 0.15) is 0 Å². The van der Waals surface area contributed by atoms with Crippen LogP contribution < -0.4 is 0 Å². The number of quaternary nitrogens is 2. The van der Waals surface area contributed by atoms with Gasteiger partial charge in [0, 0.05) is 0 Å². The van der Waals surface area contributed by atoms with Crippen LogP contribution in [0.5, 0.6) is 0 Å². The van der Waals surface area contributed by atoms with Crippen molar-refractivity contribution in [2.45, 2.75) is 110 Å². The van der Waals surface area contributed by atoms with Gasteiger partial charge in [0.05, 0.1) is 52.4 Å². The number of piperidine rings is 2. The molecular weight excluding hydrogens is 328 g/mol. The van der Waals surface area contributed by atoms with E-state index in [0.29, 0.717) is 0 Å². The maximum absolute atomic E-state index is 2.35. The lowest BCUT2D eigenvalue weighted by molar-refractivity contribution is -0.934. The lowest BCUT2D eigenvalue weighted by atomic mass is 10.0. The minimum Gasteiger partial charge on any atom is -0.324 e. The first kappa shape index (κ1) is 23.2. The standard InChI is InChI=1S/C25H52N2/c1-3-5-10-18-26(20-12-7-13-21-26)24-16-9-17-25-27(19-11-6-4-2)22-14-8-15-23-27/h3-25H2,1-2H3/q+2. The van der Waals surface area contributed by atoms with Crippen molar-refractivity contribution in [3.63, 3.8) is 0 Å². The molecule has 0 aromatic rings. The molecule has 0 N–H and O–H groups in total. The highest BCUT2D eigenvalue weighted by molar-refractivity contribution is 4.58. The van der Waals surface area contributed by atoms with Gasteiger partial charge in [0.2, 0.25) is 0 Å². The Kier molecular flexibility index (Phi) is 11.3. The molecular formula is C25H52N2+2. The van der Waals surface area contributed by atoms with Gasteiger partial charge in [-0.25, -0.2) is 0 Å². The van der Waals surface area contributed by atoms with Crippen molar-refractivity contribution in [3.05, 3.63) is 0 Å². The Morgan fingerprint density at radius 3 is 1.07 bits per heavy atom. The fraction of sp³-hybridized carbons (Fsp3) is 1.00. The predicted octanol–water partition coefficient (Wildman–Crippen LogP) is 6.54. The molecule has 0 unspecified atom stereocenters. The average Bonchev–Trinajstić information content (AvgIpc) is 2.70. The lowest BCUT2D eigenvalue weighted by Gasteiger charge is -2.43. The SMILES string of the molecule is CCCCC[N+]1(CCCCC[N+]2(CCCCC)CCCCC2)CCCCC1. The summed E-state index contributed by atoms with van der Waals surface area (Å²) in [6.45, 7) is 16.6. The number of likely N-dealkylation sites (tertiary alicyclic amines) is 2. The maximum Gasteiger partial charge on any atom is 0.0786 e. The molecule has 0 aliphatic carbocycles. The zero-order chi connectivity index (χ0) is 19.3. The molecule has 0 radical (unpaired) electrons. The summed E-state index contributed by atoms with van der Waals surface area (Å²) in [5, 5.41) is 0. The summed E-state index contributed by atoms with van der Waals surface area (Å²) < 4.78 is 2.97. The molecule has 2 heteroatoms. The van der Waals surface area contributed by atoms with E-state index in [-0.39, 0.29) is 0 Å². The van der Waals surface area contributed by atoms with Crippen LogP contribution in [0, 0.1) is 0 Å². The van der Waals surface area contributed by atoms with Crippen LogP contribution in [-0.4, -0.2) is 61.3 Å². The number of hydrogen-bond donors (Lipinski definition) is 0. The van der Waals surface area contributed by atoms with Gasteiger partial charge in [-0.1, -0.05) is 26.7 Å². The topological polar surface area (TPSA) is 0 Å². The highest BCUT2D eigenvalue weighted by Crippen LogP contribution is 2.24. The van der Waals surface area contributed by atoms with Gasteiger partial charge in [-0.2, -0.15) is 0 Å². The summed E-state index contributed by atoms with van der Waals surface area (Å²) in [7, 11) is 0. The van der Waals surface area contributed by atoms with Gasteiger partial charge in [0.15, 0.2) is 0 Å². The highest BCUT2D eigenvalue weighted by atomic mass is 15.4. The minimum absolute atomic E-state index is 1.37. The van der Waals surface area contributed by atoms with Crippen molar-refractivity contribution in [3.8, 4) is 0 Å². The monoisotopic (exact) mass is 380 g/mol. The Labute approximate surface area is 171 Å². The Balaban J connectivity index is 1.70. The van der Waals surface area contributed by atoms with E-state index in [1.807, 2.05) is 0 Å². The van der Waals surface area contributed by atoms with Crippen molar-refractivity contribution < 1.29 is 8.97 Å². The number of hydrogen-bond acceptors (Lipinski definition) is 0. The molecule has 2 saturated heterocycles. The number of rotatable bonds is 14. The van der Waals surface area contributed by atoms with Gasteiger partial charge >= 0.3 is 0 Å². The summed E-state index contributed by atoms with van der Waals surface area (Å²) in [5.41, 5.74) is 0.